The van der Waals surface area contributed by atoms with E-state index in [0.29, 0.717) is 23.6 Å². The summed E-state index contributed by atoms with van der Waals surface area (Å²) in [5, 5.41) is 8.75. The van der Waals surface area contributed by atoms with Crippen molar-refractivity contribution in [3.8, 4) is 5.75 Å². The highest BCUT2D eigenvalue weighted by Gasteiger charge is 2.10. The molecule has 0 saturated heterocycles. The summed E-state index contributed by atoms with van der Waals surface area (Å²) < 4.78 is 5.44. The third-order valence-corrected chi connectivity index (χ3v) is 2.38. The van der Waals surface area contributed by atoms with Crippen molar-refractivity contribution in [3.05, 3.63) is 30.1 Å². The molecule has 0 bridgehead atoms. The minimum Gasteiger partial charge on any atom is -0.491 e. The van der Waals surface area contributed by atoms with E-state index in [1.807, 2.05) is 6.92 Å². The number of anilines is 2. The molecule has 7 nitrogen and oxygen atoms in total. The summed E-state index contributed by atoms with van der Waals surface area (Å²) in [5.41, 5.74) is 6.69. The zero-order valence-electron chi connectivity index (χ0n) is 10.5. The van der Waals surface area contributed by atoms with Gasteiger partial charge in [-0.25, -0.2) is 5.10 Å². The lowest BCUT2D eigenvalue weighted by atomic mass is 10.2. The molecule has 1 aromatic carbocycles. The highest BCUT2D eigenvalue weighted by molar-refractivity contribution is 6.04. The number of hydrogen-bond acceptors (Lipinski definition) is 5. The molecule has 4 N–H and O–H groups in total. The summed E-state index contributed by atoms with van der Waals surface area (Å²) in [6.07, 6.45) is 2.21. The van der Waals surface area contributed by atoms with Crippen molar-refractivity contribution < 1.29 is 9.53 Å². The second-order valence-electron chi connectivity index (χ2n) is 3.89. The van der Waals surface area contributed by atoms with Gasteiger partial charge in [0.15, 0.2) is 0 Å². The first-order chi connectivity index (χ1) is 9.20. The lowest BCUT2D eigenvalue weighted by Crippen LogP contribution is -2.13. The lowest BCUT2D eigenvalue weighted by Gasteiger charge is -2.09. The molecular weight excluding hydrogens is 246 g/mol. The van der Waals surface area contributed by atoms with Gasteiger partial charge in [-0.05, 0) is 24.6 Å². The zero-order valence-corrected chi connectivity index (χ0v) is 10.5. The number of aromatic amines is 1. The molecule has 0 aliphatic carbocycles. The molecule has 7 heteroatoms. The van der Waals surface area contributed by atoms with Crippen LogP contribution >= 0.6 is 0 Å². The Hall–Kier alpha value is -2.57. The van der Waals surface area contributed by atoms with Crippen molar-refractivity contribution in [2.24, 2.45) is 0 Å². The number of aromatic nitrogens is 3. The van der Waals surface area contributed by atoms with E-state index in [9.17, 15) is 4.79 Å². The van der Waals surface area contributed by atoms with Gasteiger partial charge in [0.25, 0.3) is 5.91 Å². The maximum absolute atomic E-state index is 11.9. The number of nitrogens with zero attached hydrogens (tertiary/aromatic N) is 2. The van der Waals surface area contributed by atoms with E-state index in [0.717, 1.165) is 6.42 Å². The van der Waals surface area contributed by atoms with Crippen LogP contribution in [0.4, 0.5) is 11.6 Å². The average Bonchev–Trinajstić information content (AvgIpc) is 2.90. The van der Waals surface area contributed by atoms with Crippen LogP contribution in [0.5, 0.6) is 5.75 Å². The summed E-state index contributed by atoms with van der Waals surface area (Å²) >= 11 is 0. The molecule has 0 fully saturated rings. The number of hydrogen-bond donors (Lipinski definition) is 3. The smallest absolute Gasteiger partial charge is 0.258 e. The molecular formula is C12H15N5O2. The first-order valence-electron chi connectivity index (χ1n) is 5.89. The Labute approximate surface area is 110 Å². The summed E-state index contributed by atoms with van der Waals surface area (Å²) in [7, 11) is 0. The van der Waals surface area contributed by atoms with Crippen molar-refractivity contribution in [2.45, 2.75) is 13.3 Å². The van der Waals surface area contributed by atoms with Gasteiger partial charge in [-0.3, -0.25) is 10.1 Å². The van der Waals surface area contributed by atoms with Gasteiger partial charge in [-0.1, -0.05) is 6.92 Å². The number of carbonyl (C=O) groups excluding carboxylic acids is 1. The Bertz CT molecular complexity index is 553. The molecule has 19 heavy (non-hydrogen) atoms. The number of amides is 1. The highest BCUT2D eigenvalue weighted by Crippen LogP contribution is 2.23. The van der Waals surface area contributed by atoms with Gasteiger partial charge >= 0.3 is 0 Å². The van der Waals surface area contributed by atoms with E-state index in [2.05, 4.69) is 20.5 Å². The van der Waals surface area contributed by atoms with E-state index in [4.69, 9.17) is 10.5 Å². The molecule has 0 radical (unpaired) electrons. The Morgan fingerprint density at radius 3 is 3.00 bits per heavy atom. The predicted octanol–water partition coefficient (Wildman–Crippen LogP) is 1.43. The third kappa shape index (κ3) is 3.21. The fraction of sp³-hybridized carbons (Fsp3) is 0.250. The fourth-order valence-electron chi connectivity index (χ4n) is 1.48. The van der Waals surface area contributed by atoms with E-state index in [-0.39, 0.29) is 11.9 Å². The van der Waals surface area contributed by atoms with Crippen LogP contribution < -0.4 is 15.8 Å². The number of rotatable bonds is 5. The molecule has 1 amide bonds. The standard InChI is InChI=1S/C12H15N5O2/c1-2-5-19-10-4-3-8(6-9(10)13)11(18)16-12-14-7-15-17-12/h3-4,6-7H,2,5,13H2,1H3,(H2,14,15,16,17,18). The maximum atomic E-state index is 11.9. The predicted molar refractivity (Wildman–Crippen MR) is 71.0 cm³/mol. The molecule has 0 unspecified atom stereocenters. The summed E-state index contributed by atoms with van der Waals surface area (Å²) in [6.45, 7) is 2.60. The maximum Gasteiger partial charge on any atom is 0.258 e. The lowest BCUT2D eigenvalue weighted by molar-refractivity contribution is 0.102. The van der Waals surface area contributed by atoms with E-state index in [1.165, 1.54) is 6.33 Å². The molecule has 0 atom stereocenters. The molecule has 1 heterocycles. The topological polar surface area (TPSA) is 106 Å². The number of nitrogen functional groups attached to an aromatic ring is 1. The first kappa shape index (κ1) is 12.9. The second kappa shape index (κ2) is 5.85. The van der Waals surface area contributed by atoms with Crippen LogP contribution in [0.3, 0.4) is 0 Å². The molecule has 0 saturated carbocycles. The molecule has 0 aliphatic heterocycles. The minimum absolute atomic E-state index is 0.287. The van der Waals surface area contributed by atoms with E-state index >= 15 is 0 Å². The van der Waals surface area contributed by atoms with Crippen molar-refractivity contribution >= 4 is 17.5 Å². The summed E-state index contributed by atoms with van der Waals surface area (Å²) in [6, 6.07) is 4.89. The van der Waals surface area contributed by atoms with Gasteiger partial charge in [-0.2, -0.15) is 10.1 Å². The van der Waals surface area contributed by atoms with Crippen LogP contribution in [-0.4, -0.2) is 27.7 Å². The number of ether oxygens (including phenoxy) is 1. The van der Waals surface area contributed by atoms with E-state index in [1.54, 1.807) is 18.2 Å². The molecule has 100 valence electrons. The minimum atomic E-state index is -0.314. The van der Waals surface area contributed by atoms with Gasteiger partial charge in [0, 0.05) is 5.56 Å². The zero-order chi connectivity index (χ0) is 13.7. The quantitative estimate of drug-likeness (QED) is 0.706. The van der Waals surface area contributed by atoms with Crippen molar-refractivity contribution in [1.82, 2.24) is 15.2 Å². The number of H-pyrrole nitrogens is 1. The van der Waals surface area contributed by atoms with E-state index < -0.39 is 0 Å². The van der Waals surface area contributed by atoms with Gasteiger partial charge in [0.2, 0.25) is 5.95 Å². The number of carbonyl (C=O) groups is 1. The SMILES string of the molecule is CCCOc1ccc(C(=O)Nc2ncn[nH]2)cc1N. The molecule has 2 rings (SSSR count). The first-order valence-corrected chi connectivity index (χ1v) is 5.89. The Morgan fingerprint density at radius 2 is 2.37 bits per heavy atom. The van der Waals surface area contributed by atoms with Crippen LogP contribution in [0, 0.1) is 0 Å². The molecule has 2 aromatic rings. The number of nitrogens with one attached hydrogen (secondary N) is 2. The Balaban J connectivity index is 2.08. The monoisotopic (exact) mass is 261 g/mol. The van der Waals surface area contributed by atoms with Crippen molar-refractivity contribution in [3.63, 3.8) is 0 Å². The second-order valence-corrected chi connectivity index (χ2v) is 3.89. The van der Waals surface area contributed by atoms with Crippen LogP contribution in [-0.2, 0) is 0 Å². The van der Waals surface area contributed by atoms with Crippen molar-refractivity contribution in [2.75, 3.05) is 17.7 Å². The molecule has 0 aliphatic rings. The fourth-order valence-corrected chi connectivity index (χ4v) is 1.48. The third-order valence-electron chi connectivity index (χ3n) is 2.38. The van der Waals surface area contributed by atoms with Gasteiger partial charge in [-0.15, -0.1) is 0 Å². The molecule has 0 spiro atoms. The number of nitrogens with two attached hydrogens (primary N) is 1. The van der Waals surface area contributed by atoms with Crippen LogP contribution in [0.25, 0.3) is 0 Å². The number of benzene rings is 1. The largest absolute Gasteiger partial charge is 0.491 e. The van der Waals surface area contributed by atoms with Crippen LogP contribution in [0.15, 0.2) is 24.5 Å². The highest BCUT2D eigenvalue weighted by atomic mass is 16.5. The molecule has 1 aromatic heterocycles. The van der Waals surface area contributed by atoms with Gasteiger partial charge in [0.05, 0.1) is 12.3 Å². The summed E-state index contributed by atoms with van der Waals surface area (Å²) in [4.78, 5) is 15.7. The van der Waals surface area contributed by atoms with Crippen molar-refractivity contribution in [1.29, 1.82) is 0 Å². The normalized spacial score (nSPS) is 10.2. The average molecular weight is 261 g/mol. The van der Waals surface area contributed by atoms with Gasteiger partial charge < -0.3 is 10.5 Å². The van der Waals surface area contributed by atoms with Gasteiger partial charge in [0.1, 0.15) is 12.1 Å². The van der Waals surface area contributed by atoms with Crippen LogP contribution in [0.2, 0.25) is 0 Å². The summed E-state index contributed by atoms with van der Waals surface area (Å²) in [5.74, 6) is 0.554. The van der Waals surface area contributed by atoms with Crippen LogP contribution in [0.1, 0.15) is 23.7 Å². The Kier molecular flexibility index (Phi) is 3.97. The Morgan fingerprint density at radius 1 is 1.53 bits per heavy atom.